The van der Waals surface area contributed by atoms with Crippen LogP contribution in [0.25, 0.3) is 0 Å². The van der Waals surface area contributed by atoms with Crippen LogP contribution >= 0.6 is 11.6 Å². The molecule has 1 aliphatic heterocycles. The first kappa shape index (κ1) is 21.5. The molecule has 0 aromatic heterocycles. The molecule has 1 saturated carbocycles. The van der Waals surface area contributed by atoms with Gasteiger partial charge in [-0.2, -0.15) is 0 Å². The normalized spacial score (nSPS) is 19.7. The SMILES string of the molecule is O=C1CC(N(Cc2ccc(F)cc2)C(=O)C2CCCCC2)C(=O)N1c1ccc(Cl)cc1. The van der Waals surface area contributed by atoms with Gasteiger partial charge in [0.05, 0.1) is 12.1 Å². The lowest BCUT2D eigenvalue weighted by Gasteiger charge is -2.32. The summed E-state index contributed by atoms with van der Waals surface area (Å²) in [6.45, 7) is 0.160. The van der Waals surface area contributed by atoms with Crippen LogP contribution in [0.15, 0.2) is 48.5 Å². The molecular weight excluding hydrogens is 419 g/mol. The maximum absolute atomic E-state index is 13.4. The van der Waals surface area contributed by atoms with E-state index >= 15 is 0 Å². The Labute approximate surface area is 185 Å². The van der Waals surface area contributed by atoms with Gasteiger partial charge in [0.2, 0.25) is 11.8 Å². The van der Waals surface area contributed by atoms with E-state index in [1.54, 1.807) is 36.4 Å². The summed E-state index contributed by atoms with van der Waals surface area (Å²) in [4.78, 5) is 42.2. The van der Waals surface area contributed by atoms with Crippen LogP contribution in [0.1, 0.15) is 44.1 Å². The summed E-state index contributed by atoms with van der Waals surface area (Å²) in [6.07, 6.45) is 4.57. The summed E-state index contributed by atoms with van der Waals surface area (Å²) < 4.78 is 13.4. The molecule has 2 aromatic rings. The number of rotatable bonds is 5. The average molecular weight is 443 g/mol. The smallest absolute Gasteiger partial charge is 0.257 e. The van der Waals surface area contributed by atoms with Crippen LogP contribution in [0, 0.1) is 11.7 Å². The van der Waals surface area contributed by atoms with Crippen molar-refractivity contribution >= 4 is 35.0 Å². The number of anilines is 1. The van der Waals surface area contributed by atoms with Gasteiger partial charge in [-0.15, -0.1) is 0 Å². The van der Waals surface area contributed by atoms with Crippen LogP contribution in [0.4, 0.5) is 10.1 Å². The van der Waals surface area contributed by atoms with Crippen molar-refractivity contribution in [1.29, 1.82) is 0 Å². The molecule has 4 rings (SSSR count). The fraction of sp³-hybridized carbons (Fsp3) is 0.375. The molecule has 0 N–H and O–H groups in total. The van der Waals surface area contributed by atoms with Gasteiger partial charge in [0.15, 0.2) is 0 Å². The number of nitrogens with zero attached hydrogens (tertiary/aromatic N) is 2. The summed E-state index contributed by atoms with van der Waals surface area (Å²) in [5.74, 6) is -1.39. The van der Waals surface area contributed by atoms with Gasteiger partial charge in [-0.05, 0) is 54.8 Å². The molecule has 1 heterocycles. The van der Waals surface area contributed by atoms with Gasteiger partial charge in [0.25, 0.3) is 5.91 Å². The van der Waals surface area contributed by atoms with Crippen molar-refractivity contribution in [2.24, 2.45) is 5.92 Å². The Morgan fingerprint density at radius 1 is 1.00 bits per heavy atom. The zero-order valence-corrected chi connectivity index (χ0v) is 17.9. The number of amides is 3. The van der Waals surface area contributed by atoms with Gasteiger partial charge >= 0.3 is 0 Å². The molecule has 1 atom stereocenters. The summed E-state index contributed by atoms with van der Waals surface area (Å²) in [7, 11) is 0. The lowest BCUT2D eigenvalue weighted by Crippen LogP contribution is -2.47. The molecule has 2 fully saturated rings. The highest BCUT2D eigenvalue weighted by molar-refractivity contribution is 6.30. The standard InChI is InChI=1S/C24H24ClFN2O3/c25-18-8-12-20(13-9-18)28-22(29)14-21(24(28)31)27(15-16-6-10-19(26)11-7-16)23(30)17-4-2-1-3-5-17/h6-13,17,21H,1-5,14-15H2. The zero-order chi connectivity index (χ0) is 22.0. The van der Waals surface area contributed by atoms with Crippen molar-refractivity contribution in [1.82, 2.24) is 4.90 Å². The Morgan fingerprint density at radius 3 is 2.29 bits per heavy atom. The van der Waals surface area contributed by atoms with E-state index in [0.717, 1.165) is 42.6 Å². The first-order valence-electron chi connectivity index (χ1n) is 10.6. The van der Waals surface area contributed by atoms with Crippen LogP contribution < -0.4 is 4.90 Å². The summed E-state index contributed by atoms with van der Waals surface area (Å²) in [5, 5.41) is 0.504. The second-order valence-electron chi connectivity index (χ2n) is 8.19. The van der Waals surface area contributed by atoms with E-state index in [1.165, 1.54) is 17.0 Å². The first-order valence-corrected chi connectivity index (χ1v) is 11.0. The Kier molecular flexibility index (Phi) is 6.37. The van der Waals surface area contributed by atoms with E-state index in [1.807, 2.05) is 0 Å². The molecule has 0 radical (unpaired) electrons. The third-order valence-corrected chi connectivity index (χ3v) is 6.34. The number of hydrogen-bond donors (Lipinski definition) is 0. The number of benzene rings is 2. The number of hydrogen-bond acceptors (Lipinski definition) is 3. The lowest BCUT2D eigenvalue weighted by molar-refractivity contribution is -0.143. The molecule has 3 amide bonds. The summed E-state index contributed by atoms with van der Waals surface area (Å²) >= 11 is 5.93. The van der Waals surface area contributed by atoms with Crippen LogP contribution in [0.5, 0.6) is 0 Å². The molecule has 5 nitrogen and oxygen atoms in total. The van der Waals surface area contributed by atoms with Gasteiger partial charge in [0.1, 0.15) is 11.9 Å². The van der Waals surface area contributed by atoms with E-state index in [-0.39, 0.29) is 36.5 Å². The third kappa shape index (κ3) is 4.64. The predicted molar refractivity (Wildman–Crippen MR) is 116 cm³/mol. The largest absolute Gasteiger partial charge is 0.326 e. The van der Waals surface area contributed by atoms with Crippen molar-refractivity contribution in [2.45, 2.75) is 51.1 Å². The minimum absolute atomic E-state index is 0.0683. The van der Waals surface area contributed by atoms with Crippen LogP contribution in [-0.2, 0) is 20.9 Å². The molecule has 1 aliphatic carbocycles. The second-order valence-corrected chi connectivity index (χ2v) is 8.63. The van der Waals surface area contributed by atoms with Crippen molar-refractivity contribution in [3.05, 3.63) is 64.9 Å². The molecule has 1 saturated heterocycles. The van der Waals surface area contributed by atoms with Crippen molar-refractivity contribution < 1.29 is 18.8 Å². The Balaban J connectivity index is 1.62. The van der Waals surface area contributed by atoms with Crippen molar-refractivity contribution in [3.63, 3.8) is 0 Å². The minimum atomic E-state index is -0.873. The fourth-order valence-electron chi connectivity index (χ4n) is 4.43. The summed E-state index contributed by atoms with van der Waals surface area (Å²) in [5.41, 5.74) is 1.16. The van der Waals surface area contributed by atoms with E-state index in [0.29, 0.717) is 10.7 Å². The molecule has 2 aromatic carbocycles. The average Bonchev–Trinajstić information content (AvgIpc) is 3.08. The molecule has 2 aliphatic rings. The maximum Gasteiger partial charge on any atom is 0.257 e. The van der Waals surface area contributed by atoms with Crippen molar-refractivity contribution in [2.75, 3.05) is 4.90 Å². The number of carbonyl (C=O) groups excluding carboxylic acids is 3. The molecule has 0 spiro atoms. The second kappa shape index (κ2) is 9.18. The Hall–Kier alpha value is -2.73. The molecule has 7 heteroatoms. The molecule has 162 valence electrons. The Morgan fingerprint density at radius 2 is 1.65 bits per heavy atom. The lowest BCUT2D eigenvalue weighted by atomic mass is 9.87. The van der Waals surface area contributed by atoms with E-state index in [4.69, 9.17) is 11.6 Å². The quantitative estimate of drug-likeness (QED) is 0.629. The predicted octanol–water partition coefficient (Wildman–Crippen LogP) is 4.72. The van der Waals surface area contributed by atoms with Crippen LogP contribution in [0.2, 0.25) is 5.02 Å². The highest BCUT2D eigenvalue weighted by Crippen LogP contribution is 2.31. The molecule has 1 unspecified atom stereocenters. The maximum atomic E-state index is 13.4. The first-order chi connectivity index (χ1) is 14.9. The third-order valence-electron chi connectivity index (χ3n) is 6.09. The molecule has 0 bridgehead atoms. The monoisotopic (exact) mass is 442 g/mol. The minimum Gasteiger partial charge on any atom is -0.326 e. The fourth-order valence-corrected chi connectivity index (χ4v) is 4.56. The van der Waals surface area contributed by atoms with Gasteiger partial charge in [-0.3, -0.25) is 14.4 Å². The van der Waals surface area contributed by atoms with E-state index < -0.39 is 11.9 Å². The molecular formula is C24H24ClFN2O3. The van der Waals surface area contributed by atoms with Gasteiger partial charge in [-0.25, -0.2) is 9.29 Å². The topological polar surface area (TPSA) is 57.7 Å². The highest BCUT2D eigenvalue weighted by atomic mass is 35.5. The van der Waals surface area contributed by atoms with Crippen LogP contribution in [-0.4, -0.2) is 28.7 Å². The van der Waals surface area contributed by atoms with Crippen molar-refractivity contribution in [3.8, 4) is 0 Å². The number of halogens is 2. The zero-order valence-electron chi connectivity index (χ0n) is 17.1. The van der Waals surface area contributed by atoms with Gasteiger partial charge in [0, 0.05) is 17.5 Å². The number of carbonyl (C=O) groups is 3. The summed E-state index contributed by atoms with van der Waals surface area (Å²) in [6, 6.07) is 11.5. The number of imide groups is 1. The van der Waals surface area contributed by atoms with E-state index in [9.17, 15) is 18.8 Å². The van der Waals surface area contributed by atoms with Gasteiger partial charge in [-0.1, -0.05) is 43.0 Å². The van der Waals surface area contributed by atoms with Gasteiger partial charge < -0.3 is 4.90 Å². The molecule has 31 heavy (non-hydrogen) atoms. The van der Waals surface area contributed by atoms with E-state index in [2.05, 4.69) is 0 Å². The van der Waals surface area contributed by atoms with Crippen LogP contribution in [0.3, 0.4) is 0 Å². The Bertz CT molecular complexity index is 971. The highest BCUT2D eigenvalue weighted by Gasteiger charge is 2.45.